The minimum atomic E-state index is -3.46. The summed E-state index contributed by atoms with van der Waals surface area (Å²) in [6, 6.07) is 1.75. The minimum absolute atomic E-state index is 0.0390. The molecule has 0 aliphatic heterocycles. The number of carboxylic acids is 1. The molecule has 0 aliphatic carbocycles. The van der Waals surface area contributed by atoms with Gasteiger partial charge in [0.25, 0.3) is 5.91 Å². The predicted molar refractivity (Wildman–Crippen MR) is 82.8 cm³/mol. The van der Waals surface area contributed by atoms with E-state index in [1.807, 2.05) is 0 Å². The van der Waals surface area contributed by atoms with Crippen molar-refractivity contribution in [2.24, 2.45) is 5.92 Å². The van der Waals surface area contributed by atoms with Crippen LogP contribution in [0.3, 0.4) is 0 Å². The van der Waals surface area contributed by atoms with Crippen LogP contribution in [0.4, 0.5) is 0 Å². The molecule has 6 nitrogen and oxygen atoms in total. The van der Waals surface area contributed by atoms with E-state index in [2.05, 4.69) is 5.32 Å². The lowest BCUT2D eigenvalue weighted by molar-refractivity contribution is -0.140. The van der Waals surface area contributed by atoms with Crippen molar-refractivity contribution in [1.29, 1.82) is 0 Å². The molecule has 0 fully saturated rings. The van der Waals surface area contributed by atoms with Crippen molar-refractivity contribution in [3.05, 3.63) is 28.8 Å². The molecule has 1 rings (SSSR count). The Balaban J connectivity index is 3.29. The first kappa shape index (κ1) is 18.2. The Hall–Kier alpha value is -1.89. The van der Waals surface area contributed by atoms with E-state index in [-0.39, 0.29) is 16.4 Å². The molecule has 0 spiro atoms. The van der Waals surface area contributed by atoms with Gasteiger partial charge >= 0.3 is 5.97 Å². The highest BCUT2D eigenvalue weighted by molar-refractivity contribution is 7.90. The van der Waals surface area contributed by atoms with Crippen molar-refractivity contribution in [2.75, 3.05) is 6.26 Å². The molecule has 0 saturated heterocycles. The summed E-state index contributed by atoms with van der Waals surface area (Å²) in [6.45, 7) is 6.77. The number of carboxylic acid groups (broad SMARTS) is 1. The van der Waals surface area contributed by atoms with Gasteiger partial charge in [-0.1, -0.05) is 13.8 Å². The number of amides is 1. The molecular formula is C15H21NO5S. The molecule has 122 valence electrons. The fourth-order valence-corrected chi connectivity index (χ4v) is 2.73. The van der Waals surface area contributed by atoms with E-state index in [0.29, 0.717) is 11.1 Å². The molecule has 2 N–H and O–H groups in total. The molecule has 1 aromatic carbocycles. The highest BCUT2D eigenvalue weighted by Crippen LogP contribution is 2.20. The van der Waals surface area contributed by atoms with E-state index in [1.165, 1.54) is 12.1 Å². The molecule has 0 radical (unpaired) electrons. The van der Waals surface area contributed by atoms with Crippen LogP contribution < -0.4 is 5.32 Å². The number of aryl methyl sites for hydroxylation is 1. The first-order valence-electron chi connectivity index (χ1n) is 6.80. The molecule has 22 heavy (non-hydrogen) atoms. The fourth-order valence-electron chi connectivity index (χ4n) is 2.01. The molecule has 0 heterocycles. The number of nitrogens with one attached hydrogen (secondary N) is 1. The van der Waals surface area contributed by atoms with Crippen LogP contribution in [0.5, 0.6) is 0 Å². The molecule has 7 heteroatoms. The number of rotatable bonds is 5. The second-order valence-corrected chi connectivity index (χ2v) is 7.73. The number of aliphatic carboxylic acids is 1. The topological polar surface area (TPSA) is 101 Å². The Kier molecular flexibility index (Phi) is 5.35. The van der Waals surface area contributed by atoms with Gasteiger partial charge in [0, 0.05) is 11.8 Å². The van der Waals surface area contributed by atoms with Crippen LogP contribution >= 0.6 is 0 Å². The molecule has 1 aromatic rings. The Bertz CT molecular complexity index is 707. The summed E-state index contributed by atoms with van der Waals surface area (Å²) in [5.74, 6) is -2.01. The summed E-state index contributed by atoms with van der Waals surface area (Å²) in [7, 11) is -3.46. The van der Waals surface area contributed by atoms with Gasteiger partial charge in [0.05, 0.1) is 4.90 Å². The lowest BCUT2D eigenvalue weighted by atomic mass is 10.0. The van der Waals surface area contributed by atoms with Gasteiger partial charge in [-0.25, -0.2) is 13.2 Å². The van der Waals surface area contributed by atoms with Crippen LogP contribution in [0, 0.1) is 19.8 Å². The lowest BCUT2D eigenvalue weighted by Crippen LogP contribution is -2.44. The van der Waals surface area contributed by atoms with Gasteiger partial charge in [0.2, 0.25) is 0 Å². The highest BCUT2D eigenvalue weighted by atomic mass is 32.2. The van der Waals surface area contributed by atoms with E-state index < -0.39 is 27.8 Å². The van der Waals surface area contributed by atoms with E-state index in [9.17, 15) is 18.0 Å². The van der Waals surface area contributed by atoms with Gasteiger partial charge in [-0.15, -0.1) is 0 Å². The Morgan fingerprint density at radius 2 is 1.73 bits per heavy atom. The van der Waals surface area contributed by atoms with Crippen molar-refractivity contribution in [2.45, 2.75) is 38.6 Å². The normalized spacial score (nSPS) is 13.0. The Morgan fingerprint density at radius 3 is 2.14 bits per heavy atom. The predicted octanol–water partition coefficient (Wildman–Crippen LogP) is 1.55. The summed E-state index contributed by atoms with van der Waals surface area (Å²) in [5, 5.41) is 11.6. The van der Waals surface area contributed by atoms with E-state index in [4.69, 9.17) is 5.11 Å². The Morgan fingerprint density at radius 1 is 1.18 bits per heavy atom. The number of benzene rings is 1. The van der Waals surface area contributed by atoms with Crippen molar-refractivity contribution in [3.63, 3.8) is 0 Å². The van der Waals surface area contributed by atoms with Crippen LogP contribution in [-0.2, 0) is 14.6 Å². The summed E-state index contributed by atoms with van der Waals surface area (Å²) >= 11 is 0. The largest absolute Gasteiger partial charge is 0.480 e. The van der Waals surface area contributed by atoms with Gasteiger partial charge < -0.3 is 10.4 Å². The summed E-state index contributed by atoms with van der Waals surface area (Å²) in [5.41, 5.74) is 1.45. The number of hydrogen-bond donors (Lipinski definition) is 2. The maximum Gasteiger partial charge on any atom is 0.326 e. The maximum atomic E-state index is 12.3. The second-order valence-electron chi connectivity index (χ2n) is 5.72. The number of sulfone groups is 1. The average molecular weight is 327 g/mol. The average Bonchev–Trinajstić information content (AvgIpc) is 2.36. The van der Waals surface area contributed by atoms with Gasteiger partial charge in [-0.3, -0.25) is 4.79 Å². The van der Waals surface area contributed by atoms with Gasteiger partial charge in [-0.05, 0) is 43.0 Å². The van der Waals surface area contributed by atoms with Crippen molar-refractivity contribution in [1.82, 2.24) is 5.32 Å². The number of carbonyl (C=O) groups is 2. The molecule has 0 saturated carbocycles. The van der Waals surface area contributed by atoms with Crippen LogP contribution in [0.15, 0.2) is 17.0 Å². The Labute approximate surface area is 130 Å². The zero-order valence-corrected chi connectivity index (χ0v) is 14.1. The van der Waals surface area contributed by atoms with Crippen molar-refractivity contribution in [3.8, 4) is 0 Å². The van der Waals surface area contributed by atoms with E-state index in [1.54, 1.807) is 27.7 Å². The van der Waals surface area contributed by atoms with Gasteiger partial charge in [0.15, 0.2) is 9.84 Å². The lowest BCUT2D eigenvalue weighted by Gasteiger charge is -2.19. The number of hydrogen-bond acceptors (Lipinski definition) is 4. The number of carbonyl (C=O) groups excluding carboxylic acids is 1. The SMILES string of the molecule is Cc1cc(S(C)(=O)=O)cc(C(=O)NC(C(=O)O)C(C)C)c1C. The van der Waals surface area contributed by atoms with Crippen molar-refractivity contribution < 1.29 is 23.1 Å². The molecule has 0 aliphatic rings. The van der Waals surface area contributed by atoms with Gasteiger partial charge in [0.1, 0.15) is 6.04 Å². The van der Waals surface area contributed by atoms with Crippen LogP contribution in [0.1, 0.15) is 35.3 Å². The first-order valence-corrected chi connectivity index (χ1v) is 8.69. The van der Waals surface area contributed by atoms with Crippen LogP contribution in [-0.4, -0.2) is 37.7 Å². The molecule has 1 amide bonds. The molecule has 1 unspecified atom stereocenters. The zero-order valence-electron chi connectivity index (χ0n) is 13.3. The van der Waals surface area contributed by atoms with Crippen molar-refractivity contribution >= 4 is 21.7 Å². The molecular weight excluding hydrogens is 306 g/mol. The van der Waals surface area contributed by atoms with Gasteiger partial charge in [-0.2, -0.15) is 0 Å². The molecule has 0 bridgehead atoms. The van der Waals surface area contributed by atoms with E-state index >= 15 is 0 Å². The summed E-state index contributed by atoms with van der Waals surface area (Å²) < 4.78 is 23.4. The minimum Gasteiger partial charge on any atom is -0.480 e. The quantitative estimate of drug-likeness (QED) is 0.854. The maximum absolute atomic E-state index is 12.3. The monoisotopic (exact) mass is 327 g/mol. The third-order valence-corrected chi connectivity index (χ3v) is 4.62. The van der Waals surface area contributed by atoms with Crippen LogP contribution in [0.2, 0.25) is 0 Å². The first-order chi connectivity index (χ1) is 9.95. The molecule has 1 atom stereocenters. The smallest absolute Gasteiger partial charge is 0.326 e. The standard InChI is InChI=1S/C15H21NO5S/c1-8(2)13(15(18)19)16-14(17)12-7-11(22(5,20)21)6-9(3)10(12)4/h6-8,13H,1-5H3,(H,16,17)(H,18,19). The van der Waals surface area contributed by atoms with E-state index in [0.717, 1.165) is 6.26 Å². The fraction of sp³-hybridized carbons (Fsp3) is 0.467. The third kappa shape index (κ3) is 4.07. The van der Waals surface area contributed by atoms with Crippen LogP contribution in [0.25, 0.3) is 0 Å². The zero-order chi connectivity index (χ0) is 17.2. The third-order valence-electron chi connectivity index (χ3n) is 3.53. The highest BCUT2D eigenvalue weighted by Gasteiger charge is 2.25. The molecule has 0 aromatic heterocycles. The summed E-state index contributed by atoms with van der Waals surface area (Å²) in [4.78, 5) is 23.6. The summed E-state index contributed by atoms with van der Waals surface area (Å²) in [6.07, 6.45) is 1.06. The second kappa shape index (κ2) is 6.48.